The minimum Gasteiger partial charge on any atom is -0.331 e. The Hall–Kier alpha value is -3.18. The molecule has 1 heterocycles. The summed E-state index contributed by atoms with van der Waals surface area (Å²) in [6, 6.07) is 18.3. The quantitative estimate of drug-likeness (QED) is 0.529. The number of nitrogens with one attached hydrogen (secondary N) is 1. The Kier molecular flexibility index (Phi) is 4.38. The van der Waals surface area contributed by atoms with Gasteiger partial charge in [-0.1, -0.05) is 35.9 Å². The fourth-order valence-corrected chi connectivity index (χ4v) is 3.33. The lowest BCUT2D eigenvalue weighted by Crippen LogP contribution is -2.22. The average Bonchev–Trinajstić information content (AvgIpc) is 2.67. The van der Waals surface area contributed by atoms with E-state index in [0.717, 1.165) is 6.07 Å². The maximum absolute atomic E-state index is 14.0. The van der Waals surface area contributed by atoms with Crippen molar-refractivity contribution >= 4 is 45.0 Å². The molecule has 0 saturated heterocycles. The van der Waals surface area contributed by atoms with E-state index in [-0.39, 0.29) is 22.7 Å². The summed E-state index contributed by atoms with van der Waals surface area (Å²) >= 11 is 5.74. The molecule has 0 atom stereocenters. The summed E-state index contributed by atoms with van der Waals surface area (Å²) in [7, 11) is 0. The van der Waals surface area contributed by atoms with E-state index in [0.29, 0.717) is 21.8 Å². The first-order chi connectivity index (χ1) is 13.0. The second-order valence-corrected chi connectivity index (χ2v) is 6.56. The molecular weight excluding hydrogens is 367 g/mol. The molecule has 0 spiro atoms. The fraction of sp³-hybridized carbons (Fsp3) is 0.0476. The summed E-state index contributed by atoms with van der Waals surface area (Å²) in [5.74, 6) is -1.01. The molecule has 4 nitrogen and oxygen atoms in total. The van der Waals surface area contributed by atoms with Gasteiger partial charge >= 0.3 is 0 Å². The van der Waals surface area contributed by atoms with Crippen LogP contribution in [0.3, 0.4) is 0 Å². The molecule has 4 rings (SSSR count). The Morgan fingerprint density at radius 1 is 0.963 bits per heavy atom. The van der Waals surface area contributed by atoms with Gasteiger partial charge in [0.2, 0.25) is 5.91 Å². The van der Waals surface area contributed by atoms with Crippen molar-refractivity contribution in [3.8, 4) is 0 Å². The third-order valence-corrected chi connectivity index (χ3v) is 4.62. The number of hydrogen-bond acceptors (Lipinski definition) is 2. The van der Waals surface area contributed by atoms with Crippen molar-refractivity contribution in [1.29, 1.82) is 0 Å². The number of nitrogens with zero attached hydrogens (tertiary/aromatic N) is 1. The molecule has 0 saturated carbocycles. The van der Waals surface area contributed by atoms with Gasteiger partial charge in [-0.05, 0) is 42.5 Å². The zero-order chi connectivity index (χ0) is 19.0. The van der Waals surface area contributed by atoms with Crippen LogP contribution in [0.5, 0.6) is 0 Å². The third-order valence-electron chi connectivity index (χ3n) is 4.39. The fourth-order valence-electron chi connectivity index (χ4n) is 3.17. The molecule has 0 bridgehead atoms. The van der Waals surface area contributed by atoms with Crippen LogP contribution in [0.15, 0.2) is 71.5 Å². The smallest absolute Gasteiger partial charge is 0.244 e. The van der Waals surface area contributed by atoms with Crippen molar-refractivity contribution < 1.29 is 9.18 Å². The minimum atomic E-state index is -0.606. The van der Waals surface area contributed by atoms with Gasteiger partial charge in [0.15, 0.2) is 5.43 Å². The number of halogens is 2. The van der Waals surface area contributed by atoms with Crippen LogP contribution in [0.2, 0.25) is 5.02 Å². The monoisotopic (exact) mass is 380 g/mol. The van der Waals surface area contributed by atoms with E-state index in [1.54, 1.807) is 41.0 Å². The highest BCUT2D eigenvalue weighted by atomic mass is 35.5. The normalized spacial score (nSPS) is 11.0. The van der Waals surface area contributed by atoms with Gasteiger partial charge in [-0.15, -0.1) is 0 Å². The molecule has 3 aromatic carbocycles. The van der Waals surface area contributed by atoms with Crippen LogP contribution in [0, 0.1) is 5.82 Å². The Labute approximate surface area is 158 Å². The predicted molar refractivity (Wildman–Crippen MR) is 106 cm³/mol. The number of rotatable bonds is 3. The molecule has 1 N–H and O–H groups in total. The highest BCUT2D eigenvalue weighted by Crippen LogP contribution is 2.21. The number of para-hydroxylation sites is 2. The van der Waals surface area contributed by atoms with Gasteiger partial charge in [0.25, 0.3) is 0 Å². The molecule has 0 fully saturated rings. The van der Waals surface area contributed by atoms with Gasteiger partial charge in [0.05, 0.1) is 16.7 Å². The van der Waals surface area contributed by atoms with Crippen molar-refractivity contribution in [2.24, 2.45) is 0 Å². The Balaban J connectivity index is 1.79. The maximum atomic E-state index is 14.0. The van der Waals surface area contributed by atoms with E-state index in [2.05, 4.69) is 5.32 Å². The third kappa shape index (κ3) is 3.17. The van der Waals surface area contributed by atoms with Crippen LogP contribution in [0.1, 0.15) is 0 Å². The zero-order valence-corrected chi connectivity index (χ0v) is 14.8. The highest BCUT2D eigenvalue weighted by molar-refractivity contribution is 6.30. The summed E-state index contributed by atoms with van der Waals surface area (Å²) in [6.07, 6.45) is 0. The lowest BCUT2D eigenvalue weighted by atomic mass is 10.1. The second-order valence-electron chi connectivity index (χ2n) is 6.12. The average molecular weight is 381 g/mol. The minimum absolute atomic E-state index is 0.0547. The lowest BCUT2D eigenvalue weighted by molar-refractivity contribution is -0.116. The van der Waals surface area contributed by atoms with E-state index >= 15 is 0 Å². The van der Waals surface area contributed by atoms with Gasteiger partial charge < -0.3 is 9.88 Å². The molecule has 0 aliphatic rings. The first kappa shape index (κ1) is 17.2. The van der Waals surface area contributed by atoms with Crippen molar-refractivity contribution in [2.45, 2.75) is 6.54 Å². The molecule has 4 aromatic rings. The van der Waals surface area contributed by atoms with Gasteiger partial charge in [-0.2, -0.15) is 0 Å². The number of benzene rings is 3. The summed E-state index contributed by atoms with van der Waals surface area (Å²) in [6.45, 7) is -0.0661. The summed E-state index contributed by atoms with van der Waals surface area (Å²) in [4.78, 5) is 25.3. The van der Waals surface area contributed by atoms with Crippen LogP contribution < -0.4 is 10.7 Å². The van der Waals surface area contributed by atoms with E-state index in [1.165, 1.54) is 12.1 Å². The van der Waals surface area contributed by atoms with Crippen molar-refractivity contribution in [3.63, 3.8) is 0 Å². The van der Waals surface area contributed by atoms with Crippen LogP contribution in [0.25, 0.3) is 21.8 Å². The van der Waals surface area contributed by atoms with Crippen molar-refractivity contribution in [1.82, 2.24) is 4.57 Å². The standard InChI is InChI=1S/C21H14ClFN2O2/c22-13-9-10-17(16(23)11-13)24-20(26)12-25-18-7-3-1-5-14(18)21(27)15-6-2-4-8-19(15)25/h1-11H,12H2,(H,24,26). The molecule has 1 amide bonds. The molecule has 0 aliphatic carbocycles. The predicted octanol–water partition coefficient (Wildman–Crippen LogP) is 4.59. The van der Waals surface area contributed by atoms with Gasteiger partial charge in [-0.25, -0.2) is 4.39 Å². The van der Waals surface area contributed by atoms with E-state index < -0.39 is 11.7 Å². The summed E-state index contributed by atoms with van der Waals surface area (Å²) in [5, 5.41) is 3.87. The Morgan fingerprint density at radius 3 is 2.15 bits per heavy atom. The molecule has 1 aromatic heterocycles. The number of amides is 1. The van der Waals surface area contributed by atoms with E-state index in [1.807, 2.05) is 12.1 Å². The number of carbonyl (C=O) groups excluding carboxylic acids is 1. The molecule has 0 radical (unpaired) electrons. The Bertz CT molecular complexity index is 1190. The zero-order valence-electron chi connectivity index (χ0n) is 14.1. The number of carbonyl (C=O) groups is 1. The first-order valence-electron chi connectivity index (χ1n) is 8.30. The molecule has 134 valence electrons. The van der Waals surface area contributed by atoms with Crippen molar-refractivity contribution in [3.05, 3.63) is 87.8 Å². The summed E-state index contributed by atoms with van der Waals surface area (Å²) in [5.41, 5.74) is 1.27. The number of aromatic nitrogens is 1. The van der Waals surface area contributed by atoms with Gasteiger partial charge in [0, 0.05) is 15.8 Å². The maximum Gasteiger partial charge on any atom is 0.244 e. The molecule has 0 unspecified atom stereocenters. The number of anilines is 1. The van der Waals surface area contributed by atoms with Crippen LogP contribution >= 0.6 is 11.6 Å². The van der Waals surface area contributed by atoms with Crippen LogP contribution in [0.4, 0.5) is 10.1 Å². The van der Waals surface area contributed by atoms with Gasteiger partial charge in [0.1, 0.15) is 12.4 Å². The van der Waals surface area contributed by atoms with E-state index in [4.69, 9.17) is 11.6 Å². The first-order valence-corrected chi connectivity index (χ1v) is 8.67. The Morgan fingerprint density at radius 2 is 1.56 bits per heavy atom. The summed E-state index contributed by atoms with van der Waals surface area (Å²) < 4.78 is 15.7. The highest BCUT2D eigenvalue weighted by Gasteiger charge is 2.14. The molecular formula is C21H14ClFN2O2. The van der Waals surface area contributed by atoms with Crippen molar-refractivity contribution in [2.75, 3.05) is 5.32 Å². The molecule has 0 aliphatic heterocycles. The van der Waals surface area contributed by atoms with Crippen LogP contribution in [-0.2, 0) is 11.3 Å². The second kappa shape index (κ2) is 6.85. The topological polar surface area (TPSA) is 51.1 Å². The number of pyridine rings is 1. The SMILES string of the molecule is O=C(Cn1c2ccccc2c(=O)c2ccccc21)Nc1ccc(Cl)cc1F. The molecule has 27 heavy (non-hydrogen) atoms. The van der Waals surface area contributed by atoms with Crippen LogP contribution in [-0.4, -0.2) is 10.5 Å². The van der Waals surface area contributed by atoms with E-state index in [9.17, 15) is 14.0 Å². The number of fused-ring (bicyclic) bond motifs is 2. The van der Waals surface area contributed by atoms with Gasteiger partial charge in [-0.3, -0.25) is 9.59 Å². The lowest BCUT2D eigenvalue weighted by Gasteiger charge is -2.15. The molecule has 6 heteroatoms. The number of hydrogen-bond donors (Lipinski definition) is 1. The largest absolute Gasteiger partial charge is 0.331 e.